The molecule has 3 aromatic heterocycles. The van der Waals surface area contributed by atoms with Crippen LogP contribution in [0.5, 0.6) is 0 Å². The lowest BCUT2D eigenvalue weighted by atomic mass is 9.96. The van der Waals surface area contributed by atoms with Gasteiger partial charge in [-0.05, 0) is 135 Å². The van der Waals surface area contributed by atoms with E-state index in [2.05, 4.69) is 83.5 Å². The number of nitrogens with zero attached hydrogens (tertiary/aromatic N) is 3. The van der Waals surface area contributed by atoms with E-state index in [1.165, 1.54) is 38.6 Å². The molecule has 0 spiro atoms. The van der Waals surface area contributed by atoms with E-state index in [-0.39, 0.29) is 11.9 Å². The quantitative estimate of drug-likeness (QED) is 0.119. The van der Waals surface area contributed by atoms with Gasteiger partial charge in [0.1, 0.15) is 33.2 Å². The molecule has 0 saturated heterocycles. The fourth-order valence-electron chi connectivity index (χ4n) is 7.87. The van der Waals surface area contributed by atoms with Gasteiger partial charge in [-0.1, -0.05) is 80.4 Å². The zero-order valence-electron chi connectivity index (χ0n) is 34.5. The van der Waals surface area contributed by atoms with Crippen molar-refractivity contribution in [2.45, 2.75) is 90.1 Å². The minimum absolute atomic E-state index is 0.175. The van der Waals surface area contributed by atoms with Crippen LogP contribution < -0.4 is 21.3 Å². The summed E-state index contributed by atoms with van der Waals surface area (Å²) in [5.74, 6) is -0.175. The zero-order chi connectivity index (χ0) is 44.1. The number of halogens is 2. The van der Waals surface area contributed by atoms with Gasteiger partial charge in [0.05, 0.1) is 16.7 Å². The first-order chi connectivity index (χ1) is 30.7. The second-order valence-corrected chi connectivity index (χ2v) is 20.5. The molecule has 0 aliphatic heterocycles. The molecular weight excluding hydrogens is 975 g/mol. The molecule has 0 unspecified atom stereocenters. The van der Waals surface area contributed by atoms with E-state index in [0.717, 1.165) is 107 Å². The maximum absolute atomic E-state index is 12.3. The molecule has 0 saturated carbocycles. The number of nitrogens with one attached hydrogen (secondary N) is 4. The predicted molar refractivity (Wildman–Crippen MR) is 263 cm³/mol. The number of benzene rings is 3. The Bertz CT molecular complexity index is 2700. The average Bonchev–Trinajstić information content (AvgIpc) is 3.98. The molecule has 9 rings (SSSR count). The molecule has 0 radical (unpaired) electrons. The molecule has 9 nitrogen and oxygen atoms in total. The summed E-state index contributed by atoms with van der Waals surface area (Å²) in [5, 5.41) is 42.6. The molecule has 0 fully saturated rings. The topological polar surface area (TPSA) is 154 Å². The van der Waals surface area contributed by atoms with Gasteiger partial charge in [-0.15, -0.1) is 34.0 Å². The third kappa shape index (κ3) is 11.9. The minimum Gasteiger partial charge on any atom is -0.372 e. The van der Waals surface area contributed by atoms with Crippen molar-refractivity contribution < 1.29 is 9.59 Å². The number of carbonyl (C=O) groups excluding carboxylic acids is 2. The van der Waals surface area contributed by atoms with Crippen molar-refractivity contribution in [1.29, 1.82) is 15.8 Å². The molecule has 63 heavy (non-hydrogen) atoms. The van der Waals surface area contributed by atoms with E-state index in [1.54, 1.807) is 46.1 Å². The maximum atomic E-state index is 12.3. The molecule has 3 aromatic carbocycles. The van der Waals surface area contributed by atoms with E-state index in [1.807, 2.05) is 54.6 Å². The normalized spacial score (nSPS) is 13.3. The van der Waals surface area contributed by atoms with E-state index in [0.29, 0.717) is 33.2 Å². The predicted octanol–water partition coefficient (Wildman–Crippen LogP) is 13.2. The van der Waals surface area contributed by atoms with Gasteiger partial charge >= 0.3 is 6.03 Å². The molecule has 14 heteroatoms. The number of rotatable bonds is 8. The Balaban J connectivity index is 0.000000142. The van der Waals surface area contributed by atoms with Crippen LogP contribution >= 0.6 is 65.9 Å². The van der Waals surface area contributed by atoms with E-state index in [4.69, 9.17) is 0 Å². The Morgan fingerprint density at radius 1 is 0.540 bits per heavy atom. The molecule has 3 aliphatic carbocycles. The van der Waals surface area contributed by atoms with E-state index < -0.39 is 0 Å². The van der Waals surface area contributed by atoms with Crippen molar-refractivity contribution in [2.24, 2.45) is 0 Å². The van der Waals surface area contributed by atoms with Crippen LogP contribution in [0.3, 0.4) is 0 Å². The lowest BCUT2D eigenvalue weighted by Crippen LogP contribution is -2.28. The van der Waals surface area contributed by atoms with E-state index in [9.17, 15) is 25.4 Å². The van der Waals surface area contributed by atoms with Crippen molar-refractivity contribution in [3.8, 4) is 18.2 Å². The highest BCUT2D eigenvalue weighted by Gasteiger charge is 2.24. The maximum Gasteiger partial charge on any atom is 0.320 e. The third-order valence-electron chi connectivity index (χ3n) is 11.1. The van der Waals surface area contributed by atoms with Crippen LogP contribution in [0.15, 0.2) is 87.8 Å². The fraction of sp³-hybridized carbons (Fsp3) is 0.286. The molecule has 0 bridgehead atoms. The van der Waals surface area contributed by atoms with Crippen molar-refractivity contribution in [2.75, 3.05) is 16.0 Å². The number of nitriles is 3. The molecule has 3 heterocycles. The van der Waals surface area contributed by atoms with Crippen LogP contribution in [0.25, 0.3) is 0 Å². The third-order valence-corrected chi connectivity index (χ3v) is 15.7. The van der Waals surface area contributed by atoms with Crippen LogP contribution in [0.1, 0.15) is 108 Å². The van der Waals surface area contributed by atoms with Gasteiger partial charge in [-0.25, -0.2) is 4.79 Å². The lowest BCUT2D eigenvalue weighted by molar-refractivity contribution is 0.102. The SMILES string of the molecule is N#Cc1c(NC(=O)NCc2ccccc2)sc2c1CCCC2.N#Cc1c(NC(=O)c2cccc(Br)c2)sc2c1CCCC2.N#Cc1c(NCc2ccc(Br)cc2)sc2c1CCCC2. The highest BCUT2D eigenvalue weighted by Crippen LogP contribution is 2.40. The van der Waals surface area contributed by atoms with Gasteiger partial charge in [-0.3, -0.25) is 10.1 Å². The van der Waals surface area contributed by atoms with Gasteiger partial charge in [-0.2, -0.15) is 15.8 Å². The second kappa shape index (κ2) is 22.4. The standard InChI is InChI=1S/C17H17N3OS.C16H13BrN2OS.C16H15BrN2S/c18-10-14-13-8-4-5-9-15(13)22-16(14)20-17(21)19-11-12-6-2-1-3-7-12;17-11-5-3-4-10(8-11)15(20)19-16-13(9-18)12-6-1-2-7-14(12)21-16;17-12-7-5-11(6-8-12)10-19-16-14(9-18)13-3-1-2-4-15(13)20-16/h1-3,6-7H,4-5,8-9,11H2,(H2,19,20,21);3-5,8H,1-2,6-7H2,(H,19,20);5-8,19H,1-4,10H2. The van der Waals surface area contributed by atoms with Gasteiger partial charge in [0.25, 0.3) is 5.91 Å². The van der Waals surface area contributed by atoms with Crippen LogP contribution in [0, 0.1) is 34.0 Å². The summed E-state index contributed by atoms with van der Waals surface area (Å²) < 4.78 is 1.95. The van der Waals surface area contributed by atoms with Crippen LogP contribution in [0.4, 0.5) is 19.8 Å². The largest absolute Gasteiger partial charge is 0.372 e. The Hall–Kier alpha value is -5.27. The van der Waals surface area contributed by atoms with Gasteiger partial charge in [0, 0.05) is 42.2 Å². The summed E-state index contributed by atoms with van der Waals surface area (Å²) in [6.45, 7) is 1.24. The number of hydrogen-bond acceptors (Lipinski definition) is 9. The van der Waals surface area contributed by atoms with Crippen LogP contribution in [-0.4, -0.2) is 11.9 Å². The molecular formula is C49H45Br2N7O2S3. The number of thiophene rings is 3. The van der Waals surface area contributed by atoms with Crippen molar-refractivity contribution in [3.63, 3.8) is 0 Å². The summed E-state index contributed by atoms with van der Waals surface area (Å²) in [5.41, 5.74) is 8.60. The summed E-state index contributed by atoms with van der Waals surface area (Å²) >= 11 is 11.7. The summed E-state index contributed by atoms with van der Waals surface area (Å²) in [6, 6.07) is 31.9. The van der Waals surface area contributed by atoms with Gasteiger partial charge < -0.3 is 16.0 Å². The first kappa shape index (κ1) is 45.7. The van der Waals surface area contributed by atoms with E-state index >= 15 is 0 Å². The fourth-order valence-corrected chi connectivity index (χ4v) is 12.2. The number of hydrogen-bond donors (Lipinski definition) is 4. The highest BCUT2D eigenvalue weighted by atomic mass is 79.9. The number of fused-ring (bicyclic) bond motifs is 3. The van der Waals surface area contributed by atoms with Crippen molar-refractivity contribution >= 4 is 92.8 Å². The first-order valence-electron chi connectivity index (χ1n) is 21.0. The Kier molecular flexibility index (Phi) is 16.2. The number of aryl methyl sites for hydroxylation is 3. The van der Waals surface area contributed by atoms with Crippen molar-refractivity contribution in [1.82, 2.24) is 5.32 Å². The van der Waals surface area contributed by atoms with Crippen LogP contribution in [-0.2, 0) is 51.6 Å². The van der Waals surface area contributed by atoms with Gasteiger partial charge in [0.2, 0.25) is 0 Å². The second-order valence-electron chi connectivity index (χ2n) is 15.3. The molecule has 320 valence electrons. The Morgan fingerprint density at radius 2 is 1.03 bits per heavy atom. The molecule has 3 amide bonds. The summed E-state index contributed by atoms with van der Waals surface area (Å²) in [4.78, 5) is 28.3. The molecule has 6 aromatic rings. The average molecular weight is 1020 g/mol. The highest BCUT2D eigenvalue weighted by molar-refractivity contribution is 9.10. The minimum atomic E-state index is -0.265. The monoisotopic (exact) mass is 1020 g/mol. The van der Waals surface area contributed by atoms with Gasteiger partial charge in [0.15, 0.2) is 0 Å². The molecule has 3 aliphatic rings. The first-order valence-corrected chi connectivity index (χ1v) is 25.1. The summed E-state index contributed by atoms with van der Waals surface area (Å²) in [6.07, 6.45) is 13.2. The number of amides is 3. The smallest absolute Gasteiger partial charge is 0.320 e. The number of urea groups is 1. The van der Waals surface area contributed by atoms with Crippen LogP contribution in [0.2, 0.25) is 0 Å². The Labute approximate surface area is 397 Å². The lowest BCUT2D eigenvalue weighted by Gasteiger charge is -2.09. The molecule has 0 atom stereocenters. The van der Waals surface area contributed by atoms with Crippen molar-refractivity contribution in [3.05, 3.63) is 153 Å². The zero-order valence-corrected chi connectivity index (χ0v) is 40.2. The number of carbonyl (C=O) groups is 2. The number of anilines is 3. The molecule has 4 N–H and O–H groups in total. The Morgan fingerprint density at radius 3 is 1.57 bits per heavy atom. The summed E-state index contributed by atoms with van der Waals surface area (Å²) in [7, 11) is 0.